The van der Waals surface area contributed by atoms with Crippen LogP contribution < -0.4 is 16.0 Å². The summed E-state index contributed by atoms with van der Waals surface area (Å²) in [7, 11) is 3.39. The molecule has 0 fully saturated rings. The van der Waals surface area contributed by atoms with Gasteiger partial charge in [0.05, 0.1) is 12.3 Å². The van der Waals surface area contributed by atoms with Crippen LogP contribution in [0.15, 0.2) is 0 Å². The van der Waals surface area contributed by atoms with Crippen LogP contribution in [0.1, 0.15) is 40.3 Å². The summed E-state index contributed by atoms with van der Waals surface area (Å²) in [5, 5.41) is 3.19. The summed E-state index contributed by atoms with van der Waals surface area (Å²) in [6.07, 6.45) is 0.922. The highest BCUT2D eigenvalue weighted by Gasteiger charge is 2.27. The van der Waals surface area contributed by atoms with Crippen LogP contribution in [0.4, 0.5) is 10.7 Å². The number of carbonyl (C=O) groups excluding carboxylic acids is 2. The van der Waals surface area contributed by atoms with Crippen LogP contribution in [0.3, 0.4) is 0 Å². The fourth-order valence-electron chi connectivity index (χ4n) is 1.82. The number of hydrogen-bond acceptors (Lipinski definition) is 6. The standard InChI is InChI=1S/C13H21N3O3S/c1-5-7-16(4)12-8(13(18)19-6-2)9(14)10(20-12)11(17)15-3/h5-7,14H2,1-4H3,(H,15,17). The molecule has 0 bridgehead atoms. The van der Waals surface area contributed by atoms with Gasteiger partial charge < -0.3 is 20.7 Å². The van der Waals surface area contributed by atoms with E-state index in [0.29, 0.717) is 9.88 Å². The molecule has 112 valence electrons. The minimum Gasteiger partial charge on any atom is -0.462 e. The van der Waals surface area contributed by atoms with Crippen LogP contribution in [0, 0.1) is 0 Å². The molecule has 0 aliphatic rings. The maximum Gasteiger partial charge on any atom is 0.343 e. The number of anilines is 2. The van der Waals surface area contributed by atoms with Gasteiger partial charge in [-0.25, -0.2) is 4.79 Å². The lowest BCUT2D eigenvalue weighted by molar-refractivity contribution is 0.0529. The summed E-state index contributed by atoms with van der Waals surface area (Å²) >= 11 is 1.21. The van der Waals surface area contributed by atoms with Crippen molar-refractivity contribution in [3.05, 3.63) is 10.4 Å². The van der Waals surface area contributed by atoms with Gasteiger partial charge in [-0.1, -0.05) is 6.92 Å². The number of nitrogen functional groups attached to an aromatic ring is 1. The average molecular weight is 299 g/mol. The molecule has 0 aliphatic carbocycles. The van der Waals surface area contributed by atoms with Crippen molar-refractivity contribution < 1.29 is 14.3 Å². The van der Waals surface area contributed by atoms with Gasteiger partial charge in [-0.05, 0) is 13.3 Å². The van der Waals surface area contributed by atoms with E-state index in [4.69, 9.17) is 10.5 Å². The third-order valence-corrected chi connectivity index (χ3v) is 4.06. The Morgan fingerprint density at radius 1 is 1.40 bits per heavy atom. The predicted molar refractivity (Wildman–Crippen MR) is 81.6 cm³/mol. The molecule has 0 saturated carbocycles. The molecule has 1 aromatic heterocycles. The van der Waals surface area contributed by atoms with Crippen molar-refractivity contribution >= 4 is 33.9 Å². The van der Waals surface area contributed by atoms with Crippen LogP contribution in [0.2, 0.25) is 0 Å². The van der Waals surface area contributed by atoms with Crippen LogP contribution in [0.5, 0.6) is 0 Å². The van der Waals surface area contributed by atoms with E-state index in [2.05, 4.69) is 5.32 Å². The third-order valence-electron chi connectivity index (χ3n) is 2.75. The minimum absolute atomic E-state index is 0.186. The van der Waals surface area contributed by atoms with Gasteiger partial charge in [0, 0.05) is 20.6 Å². The zero-order valence-electron chi connectivity index (χ0n) is 12.3. The number of esters is 1. The molecule has 0 aliphatic heterocycles. The van der Waals surface area contributed by atoms with E-state index in [0.717, 1.165) is 13.0 Å². The highest BCUT2D eigenvalue weighted by Crippen LogP contribution is 2.38. The quantitative estimate of drug-likeness (QED) is 0.781. The molecule has 1 amide bonds. The molecule has 0 aromatic carbocycles. The van der Waals surface area contributed by atoms with E-state index >= 15 is 0 Å². The first-order chi connectivity index (χ1) is 9.47. The van der Waals surface area contributed by atoms with Gasteiger partial charge in [0.1, 0.15) is 15.4 Å². The van der Waals surface area contributed by atoms with E-state index < -0.39 is 5.97 Å². The summed E-state index contributed by atoms with van der Waals surface area (Å²) in [4.78, 5) is 26.1. The lowest BCUT2D eigenvalue weighted by Crippen LogP contribution is -2.20. The number of thiophene rings is 1. The molecule has 0 unspecified atom stereocenters. The zero-order chi connectivity index (χ0) is 15.3. The summed E-state index contributed by atoms with van der Waals surface area (Å²) < 4.78 is 5.03. The number of ether oxygens (including phenoxy) is 1. The Labute approximate surface area is 122 Å². The molecular weight excluding hydrogens is 278 g/mol. The largest absolute Gasteiger partial charge is 0.462 e. The molecule has 1 aromatic rings. The normalized spacial score (nSPS) is 10.2. The van der Waals surface area contributed by atoms with Crippen molar-refractivity contribution in [1.82, 2.24) is 5.32 Å². The van der Waals surface area contributed by atoms with Crippen molar-refractivity contribution in [3.63, 3.8) is 0 Å². The molecule has 3 N–H and O–H groups in total. The topological polar surface area (TPSA) is 84.7 Å². The molecule has 6 nitrogen and oxygen atoms in total. The number of hydrogen-bond donors (Lipinski definition) is 2. The van der Waals surface area contributed by atoms with Crippen molar-refractivity contribution in [1.29, 1.82) is 0 Å². The zero-order valence-corrected chi connectivity index (χ0v) is 13.1. The molecule has 0 radical (unpaired) electrons. The van der Waals surface area contributed by atoms with E-state index in [9.17, 15) is 9.59 Å². The molecule has 0 spiro atoms. The second kappa shape index (κ2) is 7.14. The third kappa shape index (κ3) is 3.22. The van der Waals surface area contributed by atoms with Crippen molar-refractivity contribution in [3.8, 4) is 0 Å². The van der Waals surface area contributed by atoms with Gasteiger partial charge in [-0.2, -0.15) is 0 Å². The summed E-state index contributed by atoms with van der Waals surface area (Å²) in [6, 6.07) is 0. The smallest absolute Gasteiger partial charge is 0.343 e. The van der Waals surface area contributed by atoms with Gasteiger partial charge in [-0.3, -0.25) is 4.79 Å². The average Bonchev–Trinajstić information content (AvgIpc) is 2.76. The minimum atomic E-state index is -0.491. The second-order valence-corrected chi connectivity index (χ2v) is 5.25. The molecule has 1 rings (SSSR count). The van der Waals surface area contributed by atoms with Crippen LogP contribution in [-0.4, -0.2) is 39.1 Å². The monoisotopic (exact) mass is 299 g/mol. The fourth-order valence-corrected chi connectivity index (χ4v) is 2.96. The molecule has 7 heteroatoms. The van der Waals surface area contributed by atoms with E-state index in [1.165, 1.54) is 18.4 Å². The number of amides is 1. The van der Waals surface area contributed by atoms with Gasteiger partial charge in [-0.15, -0.1) is 11.3 Å². The Morgan fingerprint density at radius 3 is 2.55 bits per heavy atom. The van der Waals surface area contributed by atoms with Gasteiger partial charge in [0.25, 0.3) is 5.91 Å². The summed E-state index contributed by atoms with van der Waals surface area (Å²) in [5.74, 6) is -0.788. The van der Waals surface area contributed by atoms with Crippen molar-refractivity contribution in [2.75, 3.05) is 37.9 Å². The highest BCUT2D eigenvalue weighted by molar-refractivity contribution is 7.19. The summed E-state index contributed by atoms with van der Waals surface area (Å²) in [6.45, 7) is 4.80. The van der Waals surface area contributed by atoms with Crippen LogP contribution >= 0.6 is 11.3 Å². The first-order valence-corrected chi connectivity index (χ1v) is 7.32. The number of nitrogens with one attached hydrogen (secondary N) is 1. The maximum absolute atomic E-state index is 12.1. The Balaban J connectivity index is 3.32. The van der Waals surface area contributed by atoms with Gasteiger partial charge in [0.2, 0.25) is 0 Å². The van der Waals surface area contributed by atoms with E-state index in [-0.39, 0.29) is 23.8 Å². The lowest BCUT2D eigenvalue weighted by Gasteiger charge is -2.17. The van der Waals surface area contributed by atoms with E-state index in [1.807, 2.05) is 18.9 Å². The number of nitrogens with two attached hydrogens (primary N) is 1. The Morgan fingerprint density at radius 2 is 2.05 bits per heavy atom. The molecule has 0 saturated heterocycles. The maximum atomic E-state index is 12.1. The van der Waals surface area contributed by atoms with E-state index in [1.54, 1.807) is 6.92 Å². The first kappa shape index (κ1) is 16.3. The lowest BCUT2D eigenvalue weighted by atomic mass is 10.2. The fraction of sp³-hybridized carbons (Fsp3) is 0.538. The van der Waals surface area contributed by atoms with Gasteiger partial charge in [0.15, 0.2) is 0 Å². The SMILES string of the molecule is CCCN(C)c1sc(C(=O)NC)c(N)c1C(=O)OCC. The Hall–Kier alpha value is -1.76. The molecular formula is C13H21N3O3S. The molecule has 1 heterocycles. The van der Waals surface area contributed by atoms with Gasteiger partial charge >= 0.3 is 5.97 Å². The Kier molecular flexibility index (Phi) is 5.82. The number of nitrogens with zero attached hydrogens (tertiary/aromatic N) is 1. The number of carbonyl (C=O) groups is 2. The summed E-state index contributed by atoms with van der Waals surface area (Å²) in [5.41, 5.74) is 6.44. The van der Waals surface area contributed by atoms with Crippen molar-refractivity contribution in [2.45, 2.75) is 20.3 Å². The van der Waals surface area contributed by atoms with Crippen LogP contribution in [0.25, 0.3) is 0 Å². The predicted octanol–water partition coefficient (Wildman–Crippen LogP) is 1.71. The number of rotatable bonds is 6. The highest BCUT2D eigenvalue weighted by atomic mass is 32.1. The van der Waals surface area contributed by atoms with Crippen LogP contribution in [-0.2, 0) is 4.74 Å². The first-order valence-electron chi connectivity index (χ1n) is 6.50. The molecule has 0 atom stereocenters. The molecule has 20 heavy (non-hydrogen) atoms. The Bertz CT molecular complexity index is 499. The van der Waals surface area contributed by atoms with Crippen molar-refractivity contribution in [2.24, 2.45) is 0 Å². The second-order valence-electron chi connectivity index (χ2n) is 4.25.